The zero-order chi connectivity index (χ0) is 18.1. The van der Waals surface area contributed by atoms with Gasteiger partial charge in [-0.15, -0.1) is 0 Å². The Labute approximate surface area is 150 Å². The number of methoxy groups -OCH3 is 1. The highest BCUT2D eigenvalue weighted by Crippen LogP contribution is 2.21. The van der Waals surface area contributed by atoms with Crippen LogP contribution in [-0.2, 0) is 6.54 Å². The number of hydrogen-bond acceptors (Lipinski definition) is 4. The van der Waals surface area contributed by atoms with Gasteiger partial charge < -0.3 is 9.84 Å². The SMILES string of the molecule is COc1cccc(C(O)Cn2cnc3cc4ccccc4cc3c2=O)c1. The second-order valence-corrected chi connectivity index (χ2v) is 6.21. The van der Waals surface area contributed by atoms with Crippen LogP contribution in [0.15, 0.2) is 71.8 Å². The average Bonchev–Trinajstić information content (AvgIpc) is 2.69. The molecule has 0 saturated heterocycles. The fraction of sp³-hybridized carbons (Fsp3) is 0.143. The molecule has 0 saturated carbocycles. The summed E-state index contributed by atoms with van der Waals surface area (Å²) in [5, 5.41) is 13.1. The van der Waals surface area contributed by atoms with Gasteiger partial charge in [0.1, 0.15) is 5.75 Å². The van der Waals surface area contributed by atoms with E-state index in [9.17, 15) is 9.90 Å². The third kappa shape index (κ3) is 2.93. The zero-order valence-corrected chi connectivity index (χ0v) is 14.3. The van der Waals surface area contributed by atoms with E-state index in [0.29, 0.717) is 22.2 Å². The van der Waals surface area contributed by atoms with Crippen molar-refractivity contribution in [3.63, 3.8) is 0 Å². The first-order valence-electron chi connectivity index (χ1n) is 8.35. The van der Waals surface area contributed by atoms with Gasteiger partial charge in [0.25, 0.3) is 5.56 Å². The largest absolute Gasteiger partial charge is 0.497 e. The van der Waals surface area contributed by atoms with Crippen LogP contribution in [0.25, 0.3) is 21.7 Å². The summed E-state index contributed by atoms with van der Waals surface area (Å²) in [6, 6.07) is 18.8. The summed E-state index contributed by atoms with van der Waals surface area (Å²) in [7, 11) is 1.58. The van der Waals surface area contributed by atoms with Crippen LogP contribution in [0.3, 0.4) is 0 Å². The van der Waals surface area contributed by atoms with E-state index in [2.05, 4.69) is 4.98 Å². The van der Waals surface area contributed by atoms with Crippen molar-refractivity contribution in [3.05, 3.63) is 82.9 Å². The maximum Gasteiger partial charge on any atom is 0.261 e. The Morgan fingerprint density at radius 2 is 1.85 bits per heavy atom. The van der Waals surface area contributed by atoms with Gasteiger partial charge >= 0.3 is 0 Å². The normalized spacial score (nSPS) is 12.4. The first-order valence-corrected chi connectivity index (χ1v) is 8.35. The Hall–Kier alpha value is -3.18. The molecule has 5 heteroatoms. The molecule has 26 heavy (non-hydrogen) atoms. The molecule has 0 aliphatic carbocycles. The van der Waals surface area contributed by atoms with E-state index in [1.54, 1.807) is 19.2 Å². The van der Waals surface area contributed by atoms with Crippen LogP contribution in [0, 0.1) is 0 Å². The maximum atomic E-state index is 12.8. The lowest BCUT2D eigenvalue weighted by molar-refractivity contribution is 0.154. The minimum absolute atomic E-state index is 0.127. The van der Waals surface area contributed by atoms with E-state index in [1.807, 2.05) is 48.5 Å². The number of ether oxygens (including phenoxy) is 1. The first-order chi connectivity index (χ1) is 12.7. The van der Waals surface area contributed by atoms with Gasteiger partial charge in [-0.05, 0) is 40.6 Å². The summed E-state index contributed by atoms with van der Waals surface area (Å²) < 4.78 is 6.63. The summed E-state index contributed by atoms with van der Waals surface area (Å²) in [5.74, 6) is 0.664. The van der Waals surface area contributed by atoms with E-state index < -0.39 is 6.10 Å². The second kappa shape index (κ2) is 6.61. The van der Waals surface area contributed by atoms with Crippen LogP contribution in [0.1, 0.15) is 11.7 Å². The molecule has 0 aliphatic heterocycles. The van der Waals surface area contributed by atoms with E-state index in [4.69, 9.17) is 4.74 Å². The van der Waals surface area contributed by atoms with Crippen LogP contribution in [0.2, 0.25) is 0 Å². The van der Waals surface area contributed by atoms with E-state index in [-0.39, 0.29) is 12.1 Å². The zero-order valence-electron chi connectivity index (χ0n) is 14.3. The lowest BCUT2D eigenvalue weighted by Crippen LogP contribution is -2.23. The van der Waals surface area contributed by atoms with Crippen LogP contribution in [0.5, 0.6) is 5.75 Å². The highest BCUT2D eigenvalue weighted by Gasteiger charge is 2.12. The van der Waals surface area contributed by atoms with Crippen molar-refractivity contribution in [2.24, 2.45) is 0 Å². The van der Waals surface area contributed by atoms with Gasteiger partial charge in [-0.3, -0.25) is 9.36 Å². The number of fused-ring (bicyclic) bond motifs is 2. The number of benzene rings is 3. The quantitative estimate of drug-likeness (QED) is 0.576. The van der Waals surface area contributed by atoms with Crippen molar-refractivity contribution < 1.29 is 9.84 Å². The first kappa shape index (κ1) is 16.3. The molecule has 1 aromatic heterocycles. The van der Waals surface area contributed by atoms with Crippen molar-refractivity contribution in [1.82, 2.24) is 9.55 Å². The molecule has 4 aromatic rings. The van der Waals surface area contributed by atoms with E-state index in [1.165, 1.54) is 10.9 Å². The Morgan fingerprint density at radius 3 is 2.62 bits per heavy atom. The molecule has 0 spiro atoms. The molecule has 1 N–H and O–H groups in total. The summed E-state index contributed by atoms with van der Waals surface area (Å²) in [4.78, 5) is 17.2. The van der Waals surface area contributed by atoms with Crippen LogP contribution in [-0.4, -0.2) is 21.8 Å². The number of aliphatic hydroxyl groups is 1. The Morgan fingerprint density at radius 1 is 1.08 bits per heavy atom. The lowest BCUT2D eigenvalue weighted by Gasteiger charge is -2.14. The van der Waals surface area contributed by atoms with Crippen molar-refractivity contribution in [3.8, 4) is 5.75 Å². The van der Waals surface area contributed by atoms with Gasteiger partial charge in [0, 0.05) is 0 Å². The van der Waals surface area contributed by atoms with Crippen molar-refractivity contribution >= 4 is 21.7 Å². The van der Waals surface area contributed by atoms with Gasteiger partial charge in [0.05, 0.1) is 37.0 Å². The predicted molar refractivity (Wildman–Crippen MR) is 101 cm³/mol. The molecule has 0 bridgehead atoms. The summed E-state index contributed by atoms with van der Waals surface area (Å²) in [6.45, 7) is 0.127. The second-order valence-electron chi connectivity index (χ2n) is 6.21. The molecule has 4 rings (SSSR count). The monoisotopic (exact) mass is 346 g/mol. The average molecular weight is 346 g/mol. The van der Waals surface area contributed by atoms with Crippen LogP contribution < -0.4 is 10.3 Å². The van der Waals surface area contributed by atoms with Gasteiger partial charge in [0.15, 0.2) is 0 Å². The van der Waals surface area contributed by atoms with Gasteiger partial charge in [-0.25, -0.2) is 4.98 Å². The molecule has 3 aromatic carbocycles. The van der Waals surface area contributed by atoms with Crippen molar-refractivity contribution in [2.75, 3.05) is 7.11 Å². The third-order valence-corrected chi connectivity index (χ3v) is 4.54. The summed E-state index contributed by atoms with van der Waals surface area (Å²) in [5.41, 5.74) is 1.18. The Kier molecular flexibility index (Phi) is 4.14. The fourth-order valence-electron chi connectivity index (χ4n) is 3.12. The maximum absolute atomic E-state index is 12.8. The number of hydrogen-bond donors (Lipinski definition) is 1. The molecule has 130 valence electrons. The topological polar surface area (TPSA) is 64.3 Å². The van der Waals surface area contributed by atoms with Crippen LogP contribution in [0.4, 0.5) is 0 Å². The smallest absolute Gasteiger partial charge is 0.261 e. The van der Waals surface area contributed by atoms with Crippen molar-refractivity contribution in [1.29, 1.82) is 0 Å². The van der Waals surface area contributed by atoms with Crippen LogP contribution >= 0.6 is 0 Å². The molecular weight excluding hydrogens is 328 g/mol. The molecule has 1 atom stereocenters. The van der Waals surface area contributed by atoms with E-state index >= 15 is 0 Å². The minimum atomic E-state index is -0.831. The standard InChI is InChI=1S/C21H18N2O3/c1-26-17-8-4-7-16(9-17)20(24)12-23-13-22-19-11-15-6-3-2-5-14(15)10-18(19)21(23)25/h2-11,13,20,24H,12H2,1H3. The van der Waals surface area contributed by atoms with Gasteiger partial charge in [-0.1, -0.05) is 36.4 Å². The molecule has 5 nitrogen and oxygen atoms in total. The molecule has 1 unspecified atom stereocenters. The Bertz CT molecular complexity index is 1150. The number of aliphatic hydroxyl groups excluding tert-OH is 1. The highest BCUT2D eigenvalue weighted by atomic mass is 16.5. The van der Waals surface area contributed by atoms with Gasteiger partial charge in [-0.2, -0.15) is 0 Å². The molecule has 0 fully saturated rings. The third-order valence-electron chi connectivity index (χ3n) is 4.54. The molecular formula is C21H18N2O3. The lowest BCUT2D eigenvalue weighted by atomic mass is 10.1. The molecule has 0 aliphatic rings. The predicted octanol–water partition coefficient (Wildman–Crippen LogP) is 3.29. The highest BCUT2D eigenvalue weighted by molar-refractivity contribution is 5.95. The number of rotatable bonds is 4. The number of aromatic nitrogens is 2. The van der Waals surface area contributed by atoms with Gasteiger partial charge in [0.2, 0.25) is 0 Å². The van der Waals surface area contributed by atoms with Crippen molar-refractivity contribution in [2.45, 2.75) is 12.6 Å². The molecule has 0 amide bonds. The minimum Gasteiger partial charge on any atom is -0.497 e. The molecule has 0 radical (unpaired) electrons. The Balaban J connectivity index is 1.73. The number of nitrogens with zero attached hydrogens (tertiary/aromatic N) is 2. The summed E-state index contributed by atoms with van der Waals surface area (Å²) in [6.07, 6.45) is 0.658. The van der Waals surface area contributed by atoms with E-state index in [0.717, 1.165) is 10.8 Å². The molecule has 1 heterocycles. The summed E-state index contributed by atoms with van der Waals surface area (Å²) >= 11 is 0. The fourth-order valence-corrected chi connectivity index (χ4v) is 3.12.